The molecule has 2 aromatic carbocycles. The largest absolute Gasteiger partial charge is 0.477 e. The molecule has 0 aliphatic rings. The third kappa shape index (κ3) is 3.41. The molecule has 0 fully saturated rings. The summed E-state index contributed by atoms with van der Waals surface area (Å²) in [6, 6.07) is 11.5. The number of H-pyrrole nitrogens is 1. The Bertz CT molecular complexity index is 1690. The van der Waals surface area contributed by atoms with Crippen LogP contribution in [0.2, 0.25) is 0 Å². The van der Waals surface area contributed by atoms with Gasteiger partial charge in [-0.3, -0.25) is 4.79 Å². The molecule has 172 valence electrons. The molecule has 7 nitrogen and oxygen atoms in total. The lowest BCUT2D eigenvalue weighted by atomic mass is 10.1. The summed E-state index contributed by atoms with van der Waals surface area (Å²) in [4.78, 5) is 41.0. The van der Waals surface area contributed by atoms with Crippen molar-refractivity contribution in [3.63, 3.8) is 0 Å². The first kappa shape index (κ1) is 21.7. The zero-order valence-corrected chi connectivity index (χ0v) is 17.9. The predicted molar refractivity (Wildman–Crippen MR) is 121 cm³/mol. The average molecular weight is 485 g/mol. The number of carboxylic acids is 1. The van der Waals surface area contributed by atoms with E-state index >= 15 is 0 Å². The Morgan fingerprint density at radius 1 is 1.03 bits per heavy atom. The molecule has 0 aliphatic carbocycles. The zero-order chi connectivity index (χ0) is 24.2. The number of hydrogen-bond donors (Lipinski definition) is 2. The SMILES string of the molecule is O=C(O)c1c(-n2c(=O)[nH]c3cscc3c2=O)c2cc(C(F)(F)F)ccc2n1Cc1ccccc1. The lowest BCUT2D eigenvalue weighted by molar-refractivity contribution is -0.137. The average Bonchev–Trinajstić information content (AvgIpc) is 3.37. The number of hydrogen-bond acceptors (Lipinski definition) is 4. The van der Waals surface area contributed by atoms with Gasteiger partial charge in [0.05, 0.1) is 27.7 Å². The van der Waals surface area contributed by atoms with Gasteiger partial charge in [0.25, 0.3) is 5.56 Å². The maximum Gasteiger partial charge on any atom is 0.416 e. The molecule has 0 spiro atoms. The third-order valence-corrected chi connectivity index (χ3v) is 6.26. The zero-order valence-electron chi connectivity index (χ0n) is 17.1. The Balaban J connectivity index is 1.94. The van der Waals surface area contributed by atoms with Crippen LogP contribution in [0.1, 0.15) is 21.6 Å². The Morgan fingerprint density at radius 3 is 2.44 bits per heavy atom. The van der Waals surface area contributed by atoms with Gasteiger partial charge in [0, 0.05) is 22.7 Å². The number of halogens is 3. The molecule has 0 amide bonds. The van der Waals surface area contributed by atoms with Crippen LogP contribution in [0.25, 0.3) is 27.5 Å². The number of benzene rings is 2. The van der Waals surface area contributed by atoms with E-state index in [1.807, 2.05) is 0 Å². The van der Waals surface area contributed by atoms with Gasteiger partial charge in [-0.15, -0.1) is 11.3 Å². The lowest BCUT2D eigenvalue weighted by Crippen LogP contribution is -2.34. The van der Waals surface area contributed by atoms with Crippen LogP contribution in [0.4, 0.5) is 13.2 Å². The van der Waals surface area contributed by atoms with Gasteiger partial charge in [-0.25, -0.2) is 14.2 Å². The van der Waals surface area contributed by atoms with Gasteiger partial charge in [-0.1, -0.05) is 30.3 Å². The van der Waals surface area contributed by atoms with Gasteiger partial charge in [-0.05, 0) is 23.8 Å². The highest BCUT2D eigenvalue weighted by atomic mass is 32.1. The molecule has 0 unspecified atom stereocenters. The van der Waals surface area contributed by atoms with Crippen LogP contribution in [0, 0.1) is 0 Å². The van der Waals surface area contributed by atoms with Crippen molar-refractivity contribution in [1.29, 1.82) is 0 Å². The van der Waals surface area contributed by atoms with E-state index in [9.17, 15) is 32.7 Å². The minimum absolute atomic E-state index is 0.00229. The van der Waals surface area contributed by atoms with Crippen LogP contribution in [0.3, 0.4) is 0 Å². The molecule has 0 radical (unpaired) electrons. The molecule has 3 aromatic heterocycles. The van der Waals surface area contributed by atoms with Gasteiger partial charge < -0.3 is 14.7 Å². The molecule has 5 aromatic rings. The van der Waals surface area contributed by atoms with Crippen LogP contribution in [0.15, 0.2) is 68.9 Å². The van der Waals surface area contributed by atoms with E-state index in [0.29, 0.717) is 10.1 Å². The summed E-state index contributed by atoms with van der Waals surface area (Å²) in [6.07, 6.45) is -4.72. The third-order valence-electron chi connectivity index (χ3n) is 5.51. The van der Waals surface area contributed by atoms with Gasteiger partial charge in [-0.2, -0.15) is 13.2 Å². The number of thiophene rings is 1. The fraction of sp³-hybridized carbons (Fsp3) is 0.0870. The first-order valence-corrected chi connectivity index (χ1v) is 10.8. The lowest BCUT2D eigenvalue weighted by Gasteiger charge is -2.10. The molecule has 0 bridgehead atoms. The summed E-state index contributed by atoms with van der Waals surface area (Å²) in [5.41, 5.74) is -2.60. The number of nitrogens with zero attached hydrogens (tertiary/aromatic N) is 2. The number of nitrogens with one attached hydrogen (secondary N) is 1. The number of rotatable bonds is 4. The van der Waals surface area contributed by atoms with Crippen molar-refractivity contribution in [1.82, 2.24) is 14.1 Å². The smallest absolute Gasteiger partial charge is 0.416 e. The second-order valence-corrected chi connectivity index (χ2v) is 8.32. The highest BCUT2D eigenvalue weighted by Crippen LogP contribution is 2.36. The number of carbonyl (C=O) groups is 1. The van der Waals surface area contributed by atoms with Crippen molar-refractivity contribution in [2.75, 3.05) is 0 Å². The van der Waals surface area contributed by atoms with Crippen molar-refractivity contribution >= 4 is 39.1 Å². The monoisotopic (exact) mass is 485 g/mol. The molecule has 0 saturated carbocycles. The molecule has 3 heterocycles. The fourth-order valence-corrected chi connectivity index (χ4v) is 4.79. The van der Waals surface area contributed by atoms with E-state index in [-0.39, 0.29) is 28.4 Å². The van der Waals surface area contributed by atoms with E-state index in [1.165, 1.54) is 9.95 Å². The highest BCUT2D eigenvalue weighted by molar-refractivity contribution is 7.09. The number of aromatic amines is 1. The second kappa shape index (κ2) is 7.73. The maximum absolute atomic E-state index is 13.5. The van der Waals surface area contributed by atoms with Crippen molar-refractivity contribution in [3.05, 3.63) is 96.9 Å². The van der Waals surface area contributed by atoms with Crippen molar-refractivity contribution < 1.29 is 23.1 Å². The minimum atomic E-state index is -4.72. The molecule has 0 saturated heterocycles. The topological polar surface area (TPSA) is 97.1 Å². The number of carboxylic acid groups (broad SMARTS) is 1. The summed E-state index contributed by atoms with van der Waals surface area (Å²) in [5.74, 6) is -1.49. The number of aromatic nitrogens is 3. The summed E-state index contributed by atoms with van der Waals surface area (Å²) in [5, 5.41) is 13.1. The van der Waals surface area contributed by atoms with Crippen molar-refractivity contribution in [2.45, 2.75) is 12.7 Å². The molecule has 5 rings (SSSR count). The van der Waals surface area contributed by atoms with Gasteiger partial charge in [0.15, 0.2) is 5.69 Å². The van der Waals surface area contributed by atoms with Crippen LogP contribution < -0.4 is 11.2 Å². The molecule has 34 heavy (non-hydrogen) atoms. The Hall–Kier alpha value is -4.12. The van der Waals surface area contributed by atoms with Gasteiger partial charge in [0.1, 0.15) is 0 Å². The summed E-state index contributed by atoms with van der Waals surface area (Å²) in [6.45, 7) is -0.00229. The predicted octanol–water partition coefficient (Wildman–Crippen LogP) is 4.46. The van der Waals surface area contributed by atoms with Crippen LogP contribution in [-0.4, -0.2) is 25.2 Å². The van der Waals surface area contributed by atoms with Crippen LogP contribution in [0.5, 0.6) is 0 Å². The number of fused-ring (bicyclic) bond motifs is 2. The molecule has 0 atom stereocenters. The van der Waals surface area contributed by atoms with Crippen molar-refractivity contribution in [2.24, 2.45) is 0 Å². The Labute approximate surface area is 191 Å². The Morgan fingerprint density at radius 2 is 1.76 bits per heavy atom. The standard InChI is InChI=1S/C23H14F3N3O4S/c24-23(25,26)13-6-7-17-14(8-13)18(29-20(30)15-10-34-11-16(15)27-22(29)33)19(21(31)32)28(17)9-12-4-2-1-3-5-12/h1-8,10-11H,9H2,(H,27,33)(H,31,32). The highest BCUT2D eigenvalue weighted by Gasteiger charge is 2.33. The van der Waals surface area contributed by atoms with E-state index < -0.39 is 40.3 Å². The van der Waals surface area contributed by atoms with Gasteiger partial charge in [0.2, 0.25) is 0 Å². The molecule has 0 aliphatic heterocycles. The normalized spacial score (nSPS) is 12.0. The first-order valence-electron chi connectivity index (χ1n) is 9.89. The second-order valence-electron chi connectivity index (χ2n) is 7.57. The number of aromatic carboxylic acids is 1. The molecule has 2 N–H and O–H groups in total. The van der Waals surface area contributed by atoms with E-state index in [0.717, 1.165) is 29.5 Å². The first-order chi connectivity index (χ1) is 16.2. The molecular weight excluding hydrogens is 471 g/mol. The van der Waals surface area contributed by atoms with E-state index in [1.54, 1.807) is 35.7 Å². The maximum atomic E-state index is 13.5. The molecule has 11 heteroatoms. The van der Waals surface area contributed by atoms with E-state index in [2.05, 4.69) is 4.98 Å². The summed E-state index contributed by atoms with van der Waals surface area (Å²) >= 11 is 1.15. The van der Waals surface area contributed by atoms with E-state index in [4.69, 9.17) is 0 Å². The van der Waals surface area contributed by atoms with Crippen LogP contribution in [-0.2, 0) is 12.7 Å². The molecular formula is C23H14F3N3O4S. The van der Waals surface area contributed by atoms with Crippen LogP contribution >= 0.6 is 11.3 Å². The van der Waals surface area contributed by atoms with Gasteiger partial charge >= 0.3 is 17.8 Å². The summed E-state index contributed by atoms with van der Waals surface area (Å²) in [7, 11) is 0. The fourth-order valence-electron chi connectivity index (χ4n) is 4.03. The quantitative estimate of drug-likeness (QED) is 0.393. The van der Waals surface area contributed by atoms with Crippen molar-refractivity contribution in [3.8, 4) is 5.69 Å². The Kier molecular flexibility index (Phi) is 4.94. The minimum Gasteiger partial charge on any atom is -0.477 e. The summed E-state index contributed by atoms with van der Waals surface area (Å²) < 4.78 is 42.5. The number of alkyl halides is 3.